The first-order valence-corrected chi connectivity index (χ1v) is 9.11. The van der Waals surface area contributed by atoms with Crippen LogP contribution in [0.5, 0.6) is 0 Å². The molecule has 2 heterocycles. The lowest BCUT2D eigenvalue weighted by Gasteiger charge is -2.23. The first kappa shape index (κ1) is 15.7. The van der Waals surface area contributed by atoms with Crippen molar-refractivity contribution in [3.63, 3.8) is 0 Å². The van der Waals surface area contributed by atoms with Crippen molar-refractivity contribution in [3.05, 3.63) is 30.6 Å². The average Bonchev–Trinajstić information content (AvgIpc) is 3.13. The Morgan fingerprint density at radius 1 is 1.33 bits per heavy atom. The largest absolute Gasteiger partial charge is 0.326 e. The van der Waals surface area contributed by atoms with Crippen molar-refractivity contribution in [2.45, 2.75) is 29.3 Å². The molecule has 24 heavy (non-hydrogen) atoms. The second kappa shape index (κ2) is 6.22. The topological polar surface area (TPSA) is 71.8 Å². The standard InChI is InChI=1S/C17H21N5OS/c1-22-11-19-21-16(22)24-13-4-2-12(3-5-13)20-15(23)14-10-17(14)6-8-18-9-7-17/h2-5,11,14,18H,6-10H2,1H3,(H,20,23). The number of nitrogens with zero attached hydrogens (tertiary/aromatic N) is 3. The molecule has 1 aromatic heterocycles. The van der Waals surface area contributed by atoms with E-state index in [0.717, 1.165) is 48.1 Å². The van der Waals surface area contributed by atoms with Gasteiger partial charge in [-0.05, 0) is 73.8 Å². The third kappa shape index (κ3) is 3.06. The number of aryl methyl sites for hydroxylation is 1. The molecular formula is C17H21N5OS. The summed E-state index contributed by atoms with van der Waals surface area (Å²) in [7, 11) is 1.92. The Kier molecular flexibility index (Phi) is 4.05. The summed E-state index contributed by atoms with van der Waals surface area (Å²) in [5.41, 5.74) is 1.13. The number of hydrogen-bond donors (Lipinski definition) is 2. The fraction of sp³-hybridized carbons (Fsp3) is 0.471. The molecule has 1 aliphatic carbocycles. The average molecular weight is 343 g/mol. The van der Waals surface area contributed by atoms with Crippen molar-refractivity contribution in [3.8, 4) is 0 Å². The van der Waals surface area contributed by atoms with Gasteiger partial charge >= 0.3 is 0 Å². The minimum atomic E-state index is 0.172. The van der Waals surface area contributed by atoms with Crippen LogP contribution < -0.4 is 10.6 Å². The summed E-state index contributed by atoms with van der Waals surface area (Å²) in [6.07, 6.45) is 4.97. The number of aromatic nitrogens is 3. The molecule has 6 nitrogen and oxygen atoms in total. The second-order valence-electron chi connectivity index (χ2n) is 6.71. The molecule has 1 saturated heterocycles. The summed E-state index contributed by atoms with van der Waals surface area (Å²) in [4.78, 5) is 13.6. The number of nitrogens with one attached hydrogen (secondary N) is 2. The molecule has 1 saturated carbocycles. The van der Waals surface area contributed by atoms with Crippen LogP contribution in [-0.4, -0.2) is 33.8 Å². The molecule has 4 rings (SSSR count). The highest BCUT2D eigenvalue weighted by molar-refractivity contribution is 7.99. The highest BCUT2D eigenvalue weighted by Gasteiger charge is 2.57. The van der Waals surface area contributed by atoms with Gasteiger partial charge in [-0.1, -0.05) is 0 Å². The first-order chi connectivity index (χ1) is 11.7. The fourth-order valence-electron chi connectivity index (χ4n) is 3.50. The summed E-state index contributed by atoms with van der Waals surface area (Å²) in [5.74, 6) is 0.359. The van der Waals surface area contributed by atoms with Crippen molar-refractivity contribution in [1.29, 1.82) is 0 Å². The van der Waals surface area contributed by atoms with Crippen LogP contribution >= 0.6 is 11.8 Å². The smallest absolute Gasteiger partial charge is 0.228 e. The molecule has 1 unspecified atom stereocenters. The lowest BCUT2D eigenvalue weighted by molar-refractivity contribution is -0.118. The normalized spacial score (nSPS) is 21.6. The second-order valence-corrected chi connectivity index (χ2v) is 7.75. The number of amides is 1. The van der Waals surface area contributed by atoms with Gasteiger partial charge in [0, 0.05) is 23.5 Å². The van der Waals surface area contributed by atoms with Gasteiger partial charge in [-0.2, -0.15) is 0 Å². The van der Waals surface area contributed by atoms with Gasteiger partial charge in [0.1, 0.15) is 6.33 Å². The van der Waals surface area contributed by atoms with E-state index in [1.54, 1.807) is 18.1 Å². The Morgan fingerprint density at radius 2 is 2.08 bits per heavy atom. The number of hydrogen-bond acceptors (Lipinski definition) is 5. The minimum absolute atomic E-state index is 0.172. The van der Waals surface area contributed by atoms with Crippen molar-refractivity contribution in [1.82, 2.24) is 20.1 Å². The Labute approximate surface area is 145 Å². The zero-order valence-corrected chi connectivity index (χ0v) is 14.5. The van der Waals surface area contributed by atoms with E-state index in [9.17, 15) is 4.79 Å². The van der Waals surface area contributed by atoms with E-state index in [1.165, 1.54) is 0 Å². The number of rotatable bonds is 4. The summed E-state index contributed by atoms with van der Waals surface area (Å²) in [6, 6.07) is 7.91. The number of anilines is 1. The molecule has 0 bridgehead atoms. The third-order valence-electron chi connectivity index (χ3n) is 5.11. The van der Waals surface area contributed by atoms with Crippen LogP contribution in [0.1, 0.15) is 19.3 Å². The van der Waals surface area contributed by atoms with E-state index in [4.69, 9.17) is 0 Å². The zero-order valence-electron chi connectivity index (χ0n) is 13.7. The van der Waals surface area contributed by atoms with E-state index in [1.807, 2.05) is 35.9 Å². The molecule has 2 aromatic rings. The number of carbonyl (C=O) groups excluding carboxylic acids is 1. The maximum absolute atomic E-state index is 12.5. The molecule has 1 atom stereocenters. The monoisotopic (exact) mass is 343 g/mol. The summed E-state index contributed by atoms with van der Waals surface area (Å²) < 4.78 is 1.88. The summed E-state index contributed by atoms with van der Waals surface area (Å²) in [6.45, 7) is 2.08. The molecule has 2 fully saturated rings. The summed E-state index contributed by atoms with van der Waals surface area (Å²) in [5, 5.41) is 15.2. The molecule has 7 heteroatoms. The molecular weight excluding hydrogens is 322 g/mol. The fourth-order valence-corrected chi connectivity index (χ4v) is 4.26. The molecule has 1 spiro atoms. The van der Waals surface area contributed by atoms with Crippen LogP contribution in [0.3, 0.4) is 0 Å². The number of piperidine rings is 1. The SMILES string of the molecule is Cn1cnnc1Sc1ccc(NC(=O)C2CC23CCNCC3)cc1. The third-order valence-corrected chi connectivity index (χ3v) is 6.17. The van der Waals surface area contributed by atoms with Crippen LogP contribution in [-0.2, 0) is 11.8 Å². The van der Waals surface area contributed by atoms with Gasteiger partial charge in [0.05, 0.1) is 0 Å². The molecule has 2 aliphatic rings. The van der Waals surface area contributed by atoms with E-state index in [-0.39, 0.29) is 17.2 Å². The molecule has 1 aromatic carbocycles. The highest BCUT2D eigenvalue weighted by atomic mass is 32.2. The maximum Gasteiger partial charge on any atom is 0.228 e. The van der Waals surface area contributed by atoms with Crippen LogP contribution in [0.25, 0.3) is 0 Å². The molecule has 126 valence electrons. The predicted octanol–water partition coefficient (Wildman–Crippen LogP) is 2.29. The van der Waals surface area contributed by atoms with Gasteiger partial charge in [0.25, 0.3) is 0 Å². The van der Waals surface area contributed by atoms with Crippen molar-refractivity contribution in [2.24, 2.45) is 18.4 Å². The van der Waals surface area contributed by atoms with Crippen LogP contribution in [0.2, 0.25) is 0 Å². The molecule has 1 amide bonds. The summed E-state index contributed by atoms with van der Waals surface area (Å²) >= 11 is 1.55. The molecule has 2 N–H and O–H groups in total. The van der Waals surface area contributed by atoms with Crippen LogP contribution in [0.15, 0.2) is 40.6 Å². The van der Waals surface area contributed by atoms with Crippen molar-refractivity contribution < 1.29 is 4.79 Å². The first-order valence-electron chi connectivity index (χ1n) is 8.30. The van der Waals surface area contributed by atoms with Crippen LogP contribution in [0.4, 0.5) is 5.69 Å². The maximum atomic E-state index is 12.5. The van der Waals surface area contributed by atoms with E-state index >= 15 is 0 Å². The number of benzene rings is 1. The lowest BCUT2D eigenvalue weighted by Crippen LogP contribution is -2.31. The van der Waals surface area contributed by atoms with E-state index < -0.39 is 0 Å². The molecule has 0 radical (unpaired) electrons. The van der Waals surface area contributed by atoms with E-state index in [0.29, 0.717) is 0 Å². The van der Waals surface area contributed by atoms with Crippen molar-refractivity contribution >= 4 is 23.4 Å². The van der Waals surface area contributed by atoms with Gasteiger partial charge in [-0.3, -0.25) is 4.79 Å². The number of carbonyl (C=O) groups is 1. The van der Waals surface area contributed by atoms with Crippen molar-refractivity contribution in [2.75, 3.05) is 18.4 Å². The Hall–Kier alpha value is -1.86. The Morgan fingerprint density at radius 3 is 2.75 bits per heavy atom. The van der Waals surface area contributed by atoms with Gasteiger partial charge in [0.2, 0.25) is 5.91 Å². The highest BCUT2D eigenvalue weighted by Crippen LogP contribution is 2.58. The van der Waals surface area contributed by atoms with Gasteiger partial charge in [-0.25, -0.2) is 0 Å². The quantitative estimate of drug-likeness (QED) is 0.891. The zero-order chi connectivity index (χ0) is 16.6. The Bertz CT molecular complexity index is 736. The molecule has 1 aliphatic heterocycles. The minimum Gasteiger partial charge on any atom is -0.326 e. The van der Waals surface area contributed by atoms with Crippen LogP contribution in [0, 0.1) is 11.3 Å². The Balaban J connectivity index is 1.36. The van der Waals surface area contributed by atoms with Gasteiger partial charge in [0.15, 0.2) is 5.16 Å². The predicted molar refractivity (Wildman–Crippen MR) is 92.8 cm³/mol. The van der Waals surface area contributed by atoms with Gasteiger partial charge in [-0.15, -0.1) is 10.2 Å². The lowest BCUT2D eigenvalue weighted by atomic mass is 9.92. The van der Waals surface area contributed by atoms with Gasteiger partial charge < -0.3 is 15.2 Å². The van der Waals surface area contributed by atoms with E-state index in [2.05, 4.69) is 20.8 Å².